The predicted molar refractivity (Wildman–Crippen MR) is 77.1 cm³/mol. The lowest BCUT2D eigenvalue weighted by molar-refractivity contribution is 0.0697. The highest BCUT2D eigenvalue weighted by molar-refractivity contribution is 5.88. The molecule has 1 aliphatic rings. The molecule has 1 aromatic rings. The maximum Gasteiger partial charge on any atom is 0.335 e. The standard InChI is InChI=1S/C15H22N2O2/c1-11-9-12(15(18)19)6-7-14(11)17-8-4-5-13(10-17)16(2)3/h6-7,9,13H,4-5,8,10H2,1-3H3,(H,18,19). The van der Waals surface area contributed by atoms with E-state index in [9.17, 15) is 4.79 Å². The number of anilines is 1. The van der Waals surface area contributed by atoms with Gasteiger partial charge in [0.1, 0.15) is 0 Å². The quantitative estimate of drug-likeness (QED) is 0.907. The lowest BCUT2D eigenvalue weighted by Gasteiger charge is -2.38. The first kappa shape index (κ1) is 13.9. The van der Waals surface area contributed by atoms with E-state index in [-0.39, 0.29) is 0 Å². The Morgan fingerprint density at radius 1 is 1.42 bits per heavy atom. The van der Waals surface area contributed by atoms with Crippen molar-refractivity contribution in [2.45, 2.75) is 25.8 Å². The fourth-order valence-corrected chi connectivity index (χ4v) is 2.74. The number of rotatable bonds is 3. The van der Waals surface area contributed by atoms with Crippen LogP contribution in [-0.4, -0.2) is 49.2 Å². The predicted octanol–water partition coefficient (Wildman–Crippen LogP) is 2.22. The van der Waals surface area contributed by atoms with Gasteiger partial charge in [0.2, 0.25) is 0 Å². The summed E-state index contributed by atoms with van der Waals surface area (Å²) in [6, 6.07) is 5.98. The molecule has 104 valence electrons. The molecule has 1 atom stereocenters. The molecule has 0 radical (unpaired) electrons. The van der Waals surface area contributed by atoms with Gasteiger partial charge in [-0.15, -0.1) is 0 Å². The smallest absolute Gasteiger partial charge is 0.335 e. The molecule has 1 N–H and O–H groups in total. The maximum atomic E-state index is 11.0. The number of piperidine rings is 1. The lowest BCUT2D eigenvalue weighted by Crippen LogP contribution is -2.45. The van der Waals surface area contributed by atoms with Crippen molar-refractivity contribution in [3.8, 4) is 0 Å². The van der Waals surface area contributed by atoms with Gasteiger partial charge in [0, 0.05) is 24.8 Å². The van der Waals surface area contributed by atoms with Gasteiger partial charge >= 0.3 is 5.97 Å². The molecule has 0 amide bonds. The van der Waals surface area contributed by atoms with E-state index in [1.165, 1.54) is 12.8 Å². The van der Waals surface area contributed by atoms with Crippen molar-refractivity contribution >= 4 is 11.7 Å². The first-order chi connectivity index (χ1) is 8.99. The minimum atomic E-state index is -0.862. The van der Waals surface area contributed by atoms with E-state index in [4.69, 9.17) is 5.11 Å². The molecule has 0 saturated carbocycles. The van der Waals surface area contributed by atoms with Crippen LogP contribution in [0.1, 0.15) is 28.8 Å². The van der Waals surface area contributed by atoms with Crippen molar-refractivity contribution in [3.63, 3.8) is 0 Å². The van der Waals surface area contributed by atoms with Crippen LogP contribution in [0.2, 0.25) is 0 Å². The van der Waals surface area contributed by atoms with Gasteiger partial charge < -0.3 is 14.9 Å². The number of aromatic carboxylic acids is 1. The van der Waals surface area contributed by atoms with E-state index >= 15 is 0 Å². The monoisotopic (exact) mass is 262 g/mol. The molecule has 1 heterocycles. The second kappa shape index (κ2) is 5.61. The third kappa shape index (κ3) is 3.07. The summed E-state index contributed by atoms with van der Waals surface area (Å²) in [4.78, 5) is 15.6. The number of hydrogen-bond acceptors (Lipinski definition) is 3. The Hall–Kier alpha value is -1.55. The average molecular weight is 262 g/mol. The van der Waals surface area contributed by atoms with Gasteiger partial charge in [-0.2, -0.15) is 0 Å². The Bertz CT molecular complexity index is 471. The normalized spacial score (nSPS) is 19.8. The topological polar surface area (TPSA) is 43.8 Å². The summed E-state index contributed by atoms with van der Waals surface area (Å²) < 4.78 is 0. The molecule has 0 spiro atoms. The summed E-state index contributed by atoms with van der Waals surface area (Å²) in [5.41, 5.74) is 2.57. The molecule has 1 aliphatic heterocycles. The van der Waals surface area contributed by atoms with Gasteiger partial charge in [-0.05, 0) is 57.6 Å². The van der Waals surface area contributed by atoms with Crippen molar-refractivity contribution in [2.24, 2.45) is 0 Å². The molecule has 4 nitrogen and oxygen atoms in total. The average Bonchev–Trinajstić information content (AvgIpc) is 2.38. The second-order valence-electron chi connectivity index (χ2n) is 5.51. The van der Waals surface area contributed by atoms with Crippen LogP contribution in [0.4, 0.5) is 5.69 Å². The molecule has 4 heteroatoms. The van der Waals surface area contributed by atoms with Gasteiger partial charge in [0.15, 0.2) is 0 Å². The Morgan fingerprint density at radius 2 is 2.16 bits per heavy atom. The van der Waals surface area contributed by atoms with E-state index in [0.29, 0.717) is 11.6 Å². The van der Waals surface area contributed by atoms with Crippen molar-refractivity contribution in [2.75, 3.05) is 32.1 Å². The van der Waals surface area contributed by atoms with Crippen LogP contribution in [0.5, 0.6) is 0 Å². The molecule has 2 rings (SSSR count). The highest BCUT2D eigenvalue weighted by Crippen LogP contribution is 2.25. The SMILES string of the molecule is Cc1cc(C(=O)O)ccc1N1CCCC(N(C)C)C1. The molecule has 19 heavy (non-hydrogen) atoms. The molecule has 1 unspecified atom stereocenters. The van der Waals surface area contributed by atoms with E-state index in [2.05, 4.69) is 23.9 Å². The Morgan fingerprint density at radius 3 is 2.74 bits per heavy atom. The van der Waals surface area contributed by atoms with Gasteiger partial charge in [0.05, 0.1) is 5.56 Å². The van der Waals surface area contributed by atoms with E-state index in [0.717, 1.165) is 24.3 Å². The highest BCUT2D eigenvalue weighted by atomic mass is 16.4. The van der Waals surface area contributed by atoms with Crippen molar-refractivity contribution in [1.82, 2.24) is 4.90 Å². The van der Waals surface area contributed by atoms with Gasteiger partial charge in [0.25, 0.3) is 0 Å². The Balaban J connectivity index is 2.19. The number of benzene rings is 1. The minimum Gasteiger partial charge on any atom is -0.478 e. The molecule has 0 aliphatic carbocycles. The molecule has 1 aromatic carbocycles. The fraction of sp³-hybridized carbons (Fsp3) is 0.533. The Labute approximate surface area is 114 Å². The molecular weight excluding hydrogens is 240 g/mol. The van der Waals surface area contributed by atoms with Gasteiger partial charge in [-0.25, -0.2) is 4.79 Å². The molecule has 0 bridgehead atoms. The third-order valence-corrected chi connectivity index (χ3v) is 3.91. The van der Waals surface area contributed by atoms with Crippen LogP contribution in [0, 0.1) is 6.92 Å². The second-order valence-corrected chi connectivity index (χ2v) is 5.51. The van der Waals surface area contributed by atoms with E-state index in [1.54, 1.807) is 12.1 Å². The summed E-state index contributed by atoms with van der Waals surface area (Å²) in [6.45, 7) is 4.05. The molecule has 1 fully saturated rings. The first-order valence-electron chi connectivity index (χ1n) is 6.74. The zero-order valence-electron chi connectivity index (χ0n) is 11.9. The summed E-state index contributed by atoms with van der Waals surface area (Å²) in [7, 11) is 4.24. The van der Waals surface area contributed by atoms with Crippen LogP contribution in [-0.2, 0) is 0 Å². The van der Waals surface area contributed by atoms with E-state index < -0.39 is 5.97 Å². The van der Waals surface area contributed by atoms with Crippen LogP contribution in [0.15, 0.2) is 18.2 Å². The summed E-state index contributed by atoms with van der Waals surface area (Å²) in [5, 5.41) is 9.01. The largest absolute Gasteiger partial charge is 0.478 e. The molecule has 0 aromatic heterocycles. The van der Waals surface area contributed by atoms with Crippen molar-refractivity contribution < 1.29 is 9.90 Å². The number of carbonyl (C=O) groups is 1. The fourth-order valence-electron chi connectivity index (χ4n) is 2.74. The third-order valence-electron chi connectivity index (χ3n) is 3.91. The number of aryl methyl sites for hydroxylation is 1. The van der Waals surface area contributed by atoms with Crippen LogP contribution in [0.3, 0.4) is 0 Å². The summed E-state index contributed by atoms with van der Waals surface area (Å²) in [6.07, 6.45) is 2.42. The highest BCUT2D eigenvalue weighted by Gasteiger charge is 2.22. The maximum absolute atomic E-state index is 11.0. The zero-order valence-corrected chi connectivity index (χ0v) is 11.9. The van der Waals surface area contributed by atoms with E-state index in [1.807, 2.05) is 13.0 Å². The summed E-state index contributed by atoms with van der Waals surface area (Å²) >= 11 is 0. The Kier molecular flexibility index (Phi) is 4.10. The van der Waals surface area contributed by atoms with Crippen molar-refractivity contribution in [1.29, 1.82) is 0 Å². The number of nitrogens with zero attached hydrogens (tertiary/aromatic N) is 2. The first-order valence-corrected chi connectivity index (χ1v) is 6.74. The van der Waals surface area contributed by atoms with Gasteiger partial charge in [-0.1, -0.05) is 0 Å². The minimum absolute atomic E-state index is 0.363. The molecule has 1 saturated heterocycles. The van der Waals surface area contributed by atoms with Crippen molar-refractivity contribution in [3.05, 3.63) is 29.3 Å². The molecular formula is C15H22N2O2. The number of hydrogen-bond donors (Lipinski definition) is 1. The van der Waals surface area contributed by atoms with Crippen LogP contribution in [0.25, 0.3) is 0 Å². The zero-order chi connectivity index (χ0) is 14.0. The van der Waals surface area contributed by atoms with Gasteiger partial charge in [-0.3, -0.25) is 0 Å². The number of carboxylic acids is 1. The summed E-state index contributed by atoms with van der Waals surface area (Å²) in [5.74, 6) is -0.862. The number of carboxylic acid groups (broad SMARTS) is 1. The van der Waals surface area contributed by atoms with Crippen LogP contribution < -0.4 is 4.90 Å². The number of likely N-dealkylation sites (N-methyl/N-ethyl adjacent to an activating group) is 1. The van der Waals surface area contributed by atoms with Crippen LogP contribution >= 0.6 is 0 Å². The lowest BCUT2D eigenvalue weighted by atomic mass is 10.0.